The number of anilines is 2. The molecule has 134 valence electrons. The normalized spacial score (nSPS) is 19.7. The average Bonchev–Trinajstić information content (AvgIpc) is 3.41. The summed E-state index contributed by atoms with van der Waals surface area (Å²) in [6, 6.07) is 12.4. The van der Waals surface area contributed by atoms with E-state index in [1.807, 2.05) is 24.3 Å². The Balaban J connectivity index is 1.64. The van der Waals surface area contributed by atoms with Gasteiger partial charge in [0.05, 0.1) is 11.4 Å². The van der Waals surface area contributed by atoms with Gasteiger partial charge in [-0.15, -0.1) is 11.8 Å². The van der Waals surface area contributed by atoms with Crippen molar-refractivity contribution < 1.29 is 14.0 Å². The zero-order valence-corrected chi connectivity index (χ0v) is 15.2. The molecule has 6 heteroatoms. The molecule has 0 aromatic heterocycles. The van der Waals surface area contributed by atoms with Crippen molar-refractivity contribution in [2.45, 2.75) is 25.1 Å². The molecule has 0 spiro atoms. The Morgan fingerprint density at radius 2 is 2.00 bits per heavy atom. The van der Waals surface area contributed by atoms with E-state index in [1.165, 1.54) is 17.8 Å². The van der Waals surface area contributed by atoms with Gasteiger partial charge >= 0.3 is 0 Å². The first-order valence-corrected chi connectivity index (χ1v) is 9.69. The Hall–Kier alpha value is -2.34. The summed E-state index contributed by atoms with van der Waals surface area (Å²) < 4.78 is 14.0. The molecule has 26 heavy (non-hydrogen) atoms. The van der Waals surface area contributed by atoms with Crippen molar-refractivity contribution >= 4 is 35.0 Å². The van der Waals surface area contributed by atoms with Gasteiger partial charge in [0, 0.05) is 17.2 Å². The van der Waals surface area contributed by atoms with Crippen LogP contribution in [-0.4, -0.2) is 17.6 Å². The second-order valence-corrected chi connectivity index (χ2v) is 7.77. The number of carbonyl (C=O) groups is 2. The fourth-order valence-corrected chi connectivity index (χ4v) is 4.31. The fourth-order valence-electron chi connectivity index (χ4n) is 3.15. The summed E-state index contributed by atoms with van der Waals surface area (Å²) in [6.45, 7) is 1.68. The monoisotopic (exact) mass is 370 g/mol. The van der Waals surface area contributed by atoms with Gasteiger partial charge in [0.2, 0.25) is 11.8 Å². The first-order chi connectivity index (χ1) is 12.5. The number of carbonyl (C=O) groups excluding carboxylic acids is 2. The van der Waals surface area contributed by atoms with Crippen LogP contribution in [0.15, 0.2) is 42.5 Å². The molecule has 1 aliphatic carbocycles. The molecule has 2 aliphatic rings. The Morgan fingerprint density at radius 3 is 2.77 bits per heavy atom. The molecule has 0 unspecified atom stereocenters. The maximum atomic E-state index is 14.0. The minimum absolute atomic E-state index is 0.0406. The van der Waals surface area contributed by atoms with Crippen molar-refractivity contribution in [2.24, 2.45) is 5.92 Å². The van der Waals surface area contributed by atoms with E-state index < -0.39 is 0 Å². The topological polar surface area (TPSA) is 49.4 Å². The van der Waals surface area contributed by atoms with E-state index in [4.69, 9.17) is 0 Å². The van der Waals surface area contributed by atoms with Crippen molar-refractivity contribution in [3.8, 4) is 0 Å². The number of hydrogen-bond donors (Lipinski definition) is 1. The van der Waals surface area contributed by atoms with Gasteiger partial charge in [0.15, 0.2) is 0 Å². The van der Waals surface area contributed by atoms with Gasteiger partial charge < -0.3 is 5.32 Å². The van der Waals surface area contributed by atoms with Crippen LogP contribution in [0.25, 0.3) is 0 Å². The predicted octanol–water partition coefficient (Wildman–Crippen LogP) is 4.26. The van der Waals surface area contributed by atoms with Crippen molar-refractivity contribution in [3.05, 3.63) is 59.4 Å². The average molecular weight is 370 g/mol. The van der Waals surface area contributed by atoms with E-state index in [0.29, 0.717) is 17.0 Å². The van der Waals surface area contributed by atoms with Gasteiger partial charge in [0.25, 0.3) is 0 Å². The van der Waals surface area contributed by atoms with Crippen LogP contribution in [0.1, 0.15) is 29.3 Å². The van der Waals surface area contributed by atoms with Crippen LogP contribution in [0, 0.1) is 18.7 Å². The SMILES string of the molecule is Cc1c(F)cccc1N1C(=O)CS[C@H]1c1cccc(NC(=O)C2CC2)c1. The molecule has 0 bridgehead atoms. The van der Waals surface area contributed by atoms with Gasteiger partial charge in [-0.1, -0.05) is 18.2 Å². The summed E-state index contributed by atoms with van der Waals surface area (Å²) in [6.07, 6.45) is 1.90. The van der Waals surface area contributed by atoms with E-state index in [9.17, 15) is 14.0 Å². The maximum absolute atomic E-state index is 14.0. The second-order valence-electron chi connectivity index (χ2n) is 6.70. The molecular formula is C20H19FN2O2S. The zero-order valence-electron chi connectivity index (χ0n) is 14.4. The first-order valence-electron chi connectivity index (χ1n) is 8.64. The third-order valence-corrected chi connectivity index (χ3v) is 5.97. The smallest absolute Gasteiger partial charge is 0.238 e. The molecule has 2 amide bonds. The van der Waals surface area contributed by atoms with E-state index in [1.54, 1.807) is 24.0 Å². The zero-order chi connectivity index (χ0) is 18.3. The highest BCUT2D eigenvalue weighted by molar-refractivity contribution is 8.00. The van der Waals surface area contributed by atoms with Crippen LogP contribution in [0.5, 0.6) is 0 Å². The van der Waals surface area contributed by atoms with Crippen molar-refractivity contribution in [2.75, 3.05) is 16.0 Å². The molecule has 1 aliphatic heterocycles. The predicted molar refractivity (Wildman–Crippen MR) is 102 cm³/mol. The molecule has 2 fully saturated rings. The highest BCUT2D eigenvalue weighted by Gasteiger charge is 2.35. The lowest BCUT2D eigenvalue weighted by Gasteiger charge is -2.26. The molecule has 1 atom stereocenters. The van der Waals surface area contributed by atoms with Gasteiger partial charge in [-0.05, 0) is 49.6 Å². The lowest BCUT2D eigenvalue weighted by atomic mass is 10.1. The van der Waals surface area contributed by atoms with Crippen LogP contribution in [0.4, 0.5) is 15.8 Å². The van der Waals surface area contributed by atoms with Gasteiger partial charge in [-0.25, -0.2) is 4.39 Å². The van der Waals surface area contributed by atoms with Crippen molar-refractivity contribution in [3.63, 3.8) is 0 Å². The number of nitrogens with zero attached hydrogens (tertiary/aromatic N) is 1. The Bertz CT molecular complexity index is 882. The molecule has 2 aromatic rings. The van der Waals surface area contributed by atoms with Crippen LogP contribution < -0.4 is 10.2 Å². The van der Waals surface area contributed by atoms with Crippen LogP contribution >= 0.6 is 11.8 Å². The van der Waals surface area contributed by atoms with Crippen LogP contribution in [-0.2, 0) is 9.59 Å². The summed E-state index contributed by atoms with van der Waals surface area (Å²) in [5, 5.41) is 2.71. The summed E-state index contributed by atoms with van der Waals surface area (Å²) in [5.74, 6) is 0.166. The number of nitrogens with one attached hydrogen (secondary N) is 1. The number of benzene rings is 2. The number of thioether (sulfide) groups is 1. The summed E-state index contributed by atoms with van der Waals surface area (Å²) in [4.78, 5) is 26.2. The molecule has 1 saturated heterocycles. The minimum atomic E-state index is -0.323. The molecule has 2 aromatic carbocycles. The molecule has 4 rings (SSSR count). The van der Waals surface area contributed by atoms with Gasteiger partial charge in [-0.3, -0.25) is 14.5 Å². The Morgan fingerprint density at radius 1 is 1.23 bits per heavy atom. The van der Waals surface area contributed by atoms with E-state index in [-0.39, 0.29) is 28.9 Å². The summed E-state index contributed by atoms with van der Waals surface area (Å²) in [7, 11) is 0. The molecule has 0 radical (unpaired) electrons. The fraction of sp³-hybridized carbons (Fsp3) is 0.300. The van der Waals surface area contributed by atoms with Crippen LogP contribution in [0.2, 0.25) is 0 Å². The molecule has 1 saturated carbocycles. The summed E-state index contributed by atoms with van der Waals surface area (Å²) >= 11 is 1.51. The highest BCUT2D eigenvalue weighted by Crippen LogP contribution is 2.43. The van der Waals surface area contributed by atoms with Gasteiger partial charge in [0.1, 0.15) is 11.2 Å². The third kappa shape index (κ3) is 3.21. The second kappa shape index (κ2) is 6.76. The Labute approximate surface area is 155 Å². The maximum Gasteiger partial charge on any atom is 0.238 e. The molecule has 4 nitrogen and oxygen atoms in total. The van der Waals surface area contributed by atoms with Gasteiger partial charge in [-0.2, -0.15) is 0 Å². The lowest BCUT2D eigenvalue weighted by Crippen LogP contribution is -2.28. The van der Waals surface area contributed by atoms with E-state index >= 15 is 0 Å². The van der Waals surface area contributed by atoms with Crippen LogP contribution in [0.3, 0.4) is 0 Å². The first kappa shape index (κ1) is 17.1. The van der Waals surface area contributed by atoms with Crippen molar-refractivity contribution in [1.82, 2.24) is 0 Å². The minimum Gasteiger partial charge on any atom is -0.326 e. The number of rotatable bonds is 4. The standard InChI is InChI=1S/C20H19FN2O2S/c1-12-16(21)6-3-7-17(12)23-18(24)11-26-20(23)14-4-2-5-15(10-14)22-19(25)13-8-9-13/h2-7,10,13,20H,8-9,11H2,1H3,(H,22,25)/t20-/m0/s1. The largest absolute Gasteiger partial charge is 0.326 e. The number of amides is 2. The van der Waals surface area contributed by atoms with E-state index in [0.717, 1.165) is 24.1 Å². The molecule has 1 N–H and O–H groups in total. The van der Waals surface area contributed by atoms with Crippen molar-refractivity contribution in [1.29, 1.82) is 0 Å². The van der Waals surface area contributed by atoms with E-state index in [2.05, 4.69) is 5.32 Å². The number of hydrogen-bond acceptors (Lipinski definition) is 3. The Kier molecular flexibility index (Phi) is 4.44. The summed E-state index contributed by atoms with van der Waals surface area (Å²) in [5.41, 5.74) is 2.71. The lowest BCUT2D eigenvalue weighted by molar-refractivity contribution is -0.117. The third-order valence-electron chi connectivity index (χ3n) is 4.75. The molecule has 1 heterocycles. The quantitative estimate of drug-likeness (QED) is 0.875. The number of halogens is 1. The molecular weight excluding hydrogens is 351 g/mol. The highest BCUT2D eigenvalue weighted by atomic mass is 32.2.